The van der Waals surface area contributed by atoms with E-state index in [1.165, 1.54) is 6.42 Å². The first-order valence-electron chi connectivity index (χ1n) is 8.45. The van der Waals surface area contributed by atoms with Crippen LogP contribution in [0.25, 0.3) is 0 Å². The maximum absolute atomic E-state index is 9.10. The van der Waals surface area contributed by atoms with Crippen LogP contribution in [0.1, 0.15) is 51.2 Å². The van der Waals surface area contributed by atoms with Gasteiger partial charge in [0.05, 0.1) is 24.3 Å². The van der Waals surface area contributed by atoms with Gasteiger partial charge in [-0.3, -0.25) is 4.90 Å². The molecule has 23 heavy (non-hydrogen) atoms. The van der Waals surface area contributed by atoms with E-state index >= 15 is 0 Å². The monoisotopic (exact) mass is 334 g/mol. The number of nitriles is 1. The fourth-order valence-corrected chi connectivity index (χ4v) is 3.58. The predicted molar refractivity (Wildman–Crippen MR) is 94.8 cm³/mol. The molecule has 3 unspecified atom stereocenters. The van der Waals surface area contributed by atoms with Gasteiger partial charge in [0.2, 0.25) is 0 Å². The third-order valence-electron chi connectivity index (χ3n) is 4.58. The molecule has 0 saturated carbocycles. The lowest BCUT2D eigenvalue weighted by molar-refractivity contribution is 0.0529. The van der Waals surface area contributed by atoms with Crippen LogP contribution < -0.4 is 0 Å². The van der Waals surface area contributed by atoms with Crippen molar-refractivity contribution < 1.29 is 4.74 Å². The first-order chi connectivity index (χ1) is 10.9. The smallest absolute Gasteiger partial charge is 0.0992 e. The van der Waals surface area contributed by atoms with Crippen LogP contribution in [0.5, 0.6) is 0 Å². The maximum atomic E-state index is 9.10. The quantitative estimate of drug-likeness (QED) is 0.771. The summed E-state index contributed by atoms with van der Waals surface area (Å²) in [4.78, 5) is 2.53. The van der Waals surface area contributed by atoms with Gasteiger partial charge in [-0.2, -0.15) is 5.26 Å². The zero-order valence-electron chi connectivity index (χ0n) is 14.6. The minimum Gasteiger partial charge on any atom is -0.378 e. The molecule has 0 aromatic heterocycles. The normalized spacial score (nSPS) is 23.2. The highest BCUT2D eigenvalue weighted by molar-refractivity contribution is 6.30. The molecule has 126 valence electrons. The van der Waals surface area contributed by atoms with E-state index < -0.39 is 0 Å². The van der Waals surface area contributed by atoms with Crippen molar-refractivity contribution in [2.75, 3.05) is 19.7 Å². The second-order valence-corrected chi connectivity index (χ2v) is 7.51. The van der Waals surface area contributed by atoms with E-state index in [0.717, 1.165) is 25.3 Å². The van der Waals surface area contributed by atoms with E-state index in [9.17, 15) is 0 Å². The van der Waals surface area contributed by atoms with Crippen LogP contribution in [0.2, 0.25) is 5.02 Å². The molecule has 0 radical (unpaired) electrons. The second-order valence-electron chi connectivity index (χ2n) is 7.07. The lowest BCUT2D eigenvalue weighted by Crippen LogP contribution is -2.31. The van der Waals surface area contributed by atoms with Gasteiger partial charge in [-0.25, -0.2) is 0 Å². The molecular weight excluding hydrogens is 308 g/mol. The third-order valence-corrected chi connectivity index (χ3v) is 4.80. The van der Waals surface area contributed by atoms with E-state index in [-0.39, 0.29) is 0 Å². The van der Waals surface area contributed by atoms with Crippen molar-refractivity contribution >= 4 is 11.6 Å². The van der Waals surface area contributed by atoms with E-state index in [2.05, 4.69) is 38.7 Å². The molecule has 1 aromatic carbocycles. The van der Waals surface area contributed by atoms with Gasteiger partial charge < -0.3 is 4.74 Å². The minimum absolute atomic E-state index is 0.300. The highest BCUT2D eigenvalue weighted by atomic mass is 35.5. The molecule has 1 aliphatic rings. The summed E-state index contributed by atoms with van der Waals surface area (Å²) in [5, 5.41) is 9.74. The van der Waals surface area contributed by atoms with Crippen molar-refractivity contribution in [1.29, 1.82) is 5.26 Å². The molecule has 3 atom stereocenters. The summed E-state index contributed by atoms with van der Waals surface area (Å²) in [7, 11) is 0. The number of ether oxygens (including phenoxy) is 1. The zero-order valence-corrected chi connectivity index (χ0v) is 15.3. The van der Waals surface area contributed by atoms with E-state index in [1.54, 1.807) is 6.07 Å². The molecule has 1 aliphatic heterocycles. The van der Waals surface area contributed by atoms with Crippen molar-refractivity contribution in [3.63, 3.8) is 0 Å². The molecule has 1 aromatic rings. The molecule has 4 heteroatoms. The van der Waals surface area contributed by atoms with Gasteiger partial charge in [-0.1, -0.05) is 18.5 Å². The van der Waals surface area contributed by atoms with Gasteiger partial charge >= 0.3 is 0 Å². The Balaban J connectivity index is 1.96. The molecule has 1 heterocycles. The summed E-state index contributed by atoms with van der Waals surface area (Å²) in [5.74, 6) is 0.974. The molecule has 0 amide bonds. The molecule has 0 bridgehead atoms. The van der Waals surface area contributed by atoms with Crippen LogP contribution in [-0.4, -0.2) is 36.7 Å². The topological polar surface area (TPSA) is 36.3 Å². The van der Waals surface area contributed by atoms with Gasteiger partial charge in [-0.15, -0.1) is 0 Å². The molecule has 3 nitrogen and oxygen atoms in total. The Morgan fingerprint density at radius 2 is 2.09 bits per heavy atom. The van der Waals surface area contributed by atoms with E-state index in [4.69, 9.17) is 21.6 Å². The minimum atomic E-state index is 0.300. The van der Waals surface area contributed by atoms with Gasteiger partial charge in [0.25, 0.3) is 0 Å². The fraction of sp³-hybridized carbons (Fsp3) is 0.632. The molecule has 0 N–H and O–H groups in total. The van der Waals surface area contributed by atoms with Crippen LogP contribution in [-0.2, 0) is 4.74 Å². The Labute approximate surface area is 145 Å². The van der Waals surface area contributed by atoms with Crippen molar-refractivity contribution in [3.05, 3.63) is 34.3 Å². The fourth-order valence-electron chi connectivity index (χ4n) is 3.34. The van der Waals surface area contributed by atoms with Crippen LogP contribution in [0.4, 0.5) is 0 Å². The number of rotatable bonds is 6. The van der Waals surface area contributed by atoms with Crippen molar-refractivity contribution in [3.8, 4) is 6.07 Å². The lowest BCUT2D eigenvalue weighted by atomic mass is 9.98. The average Bonchev–Trinajstić information content (AvgIpc) is 2.84. The third kappa shape index (κ3) is 5.21. The van der Waals surface area contributed by atoms with E-state index in [0.29, 0.717) is 34.6 Å². The van der Waals surface area contributed by atoms with Crippen molar-refractivity contribution in [2.24, 2.45) is 5.92 Å². The zero-order chi connectivity index (χ0) is 17.0. The van der Waals surface area contributed by atoms with Crippen LogP contribution in [0, 0.1) is 17.2 Å². The van der Waals surface area contributed by atoms with Crippen molar-refractivity contribution in [1.82, 2.24) is 4.90 Å². The van der Waals surface area contributed by atoms with Gasteiger partial charge in [0.1, 0.15) is 0 Å². The first-order valence-corrected chi connectivity index (χ1v) is 8.83. The number of halogens is 1. The standard InChI is InChI=1S/C19H27ClN2O/c1-13(2)23-12-17-5-15(4)22(11-17)10-14(3)18-6-16(9-21)7-19(20)8-18/h6-8,13-15,17H,5,10-12H2,1-4H3. The molecule has 1 saturated heterocycles. The summed E-state index contributed by atoms with van der Waals surface area (Å²) in [6.45, 7) is 11.6. The SMILES string of the molecule is CC(C)OCC1CC(C)N(CC(C)c2cc(Cl)cc(C#N)c2)C1. The Morgan fingerprint density at radius 1 is 1.35 bits per heavy atom. The molecule has 0 spiro atoms. The summed E-state index contributed by atoms with van der Waals surface area (Å²) in [5.41, 5.74) is 1.78. The van der Waals surface area contributed by atoms with Gasteiger partial charge in [-0.05, 0) is 62.8 Å². The number of nitrogens with zero attached hydrogens (tertiary/aromatic N) is 2. The lowest BCUT2D eigenvalue weighted by Gasteiger charge is -2.25. The first kappa shape index (κ1) is 18.3. The second kappa shape index (κ2) is 8.15. The van der Waals surface area contributed by atoms with Crippen LogP contribution >= 0.6 is 11.6 Å². The summed E-state index contributed by atoms with van der Waals surface area (Å²) in [6.07, 6.45) is 1.49. The molecule has 0 aliphatic carbocycles. The van der Waals surface area contributed by atoms with E-state index in [1.807, 2.05) is 12.1 Å². The highest BCUT2D eigenvalue weighted by Gasteiger charge is 2.30. The van der Waals surface area contributed by atoms with Gasteiger partial charge in [0.15, 0.2) is 0 Å². The Kier molecular flexibility index (Phi) is 6.47. The summed E-state index contributed by atoms with van der Waals surface area (Å²) in [6, 6.07) is 8.41. The molecule has 2 rings (SSSR count). The number of hydrogen-bond acceptors (Lipinski definition) is 3. The largest absolute Gasteiger partial charge is 0.378 e. The molecule has 1 fully saturated rings. The predicted octanol–water partition coefficient (Wildman–Crippen LogP) is 4.45. The van der Waals surface area contributed by atoms with Crippen LogP contribution in [0.3, 0.4) is 0 Å². The van der Waals surface area contributed by atoms with Gasteiger partial charge in [0, 0.05) is 24.2 Å². The Hall–Kier alpha value is -1.08. The number of hydrogen-bond donors (Lipinski definition) is 0. The number of likely N-dealkylation sites (tertiary alicyclic amines) is 1. The average molecular weight is 335 g/mol. The highest BCUT2D eigenvalue weighted by Crippen LogP contribution is 2.28. The maximum Gasteiger partial charge on any atom is 0.0992 e. The Bertz CT molecular complexity index is 567. The summed E-state index contributed by atoms with van der Waals surface area (Å²) >= 11 is 6.13. The van der Waals surface area contributed by atoms with Crippen molar-refractivity contribution in [2.45, 2.75) is 52.2 Å². The summed E-state index contributed by atoms with van der Waals surface area (Å²) < 4.78 is 5.78. The Morgan fingerprint density at radius 3 is 2.74 bits per heavy atom. The molecular formula is C19H27ClN2O. The van der Waals surface area contributed by atoms with Crippen LogP contribution in [0.15, 0.2) is 18.2 Å². The number of benzene rings is 1.